The fourth-order valence-electron chi connectivity index (χ4n) is 1.97. The summed E-state index contributed by atoms with van der Waals surface area (Å²) in [5, 5.41) is 3.93. The molecule has 0 saturated heterocycles. The van der Waals surface area contributed by atoms with Gasteiger partial charge in [-0.1, -0.05) is 41.6 Å². The van der Waals surface area contributed by atoms with E-state index < -0.39 is 0 Å². The standard InChI is InChI=1S/C19H13F2NO/c20-16-7-1-14(2-8-16)5-11-18-13-19(23-22-18)12-6-15-3-9-17(21)10-4-15/h1-13H/b11-5+,12-6+. The van der Waals surface area contributed by atoms with E-state index in [0.29, 0.717) is 11.5 Å². The van der Waals surface area contributed by atoms with Gasteiger partial charge in [-0.05, 0) is 47.5 Å². The van der Waals surface area contributed by atoms with E-state index in [1.165, 1.54) is 24.3 Å². The van der Waals surface area contributed by atoms with Gasteiger partial charge in [0.05, 0.1) is 0 Å². The zero-order valence-corrected chi connectivity index (χ0v) is 12.1. The first-order valence-corrected chi connectivity index (χ1v) is 7.03. The van der Waals surface area contributed by atoms with Crippen molar-refractivity contribution in [1.82, 2.24) is 5.16 Å². The Labute approximate surface area is 132 Å². The van der Waals surface area contributed by atoms with Crippen LogP contribution in [0.3, 0.4) is 0 Å². The summed E-state index contributed by atoms with van der Waals surface area (Å²) in [6, 6.07) is 14.1. The molecule has 0 aliphatic carbocycles. The summed E-state index contributed by atoms with van der Waals surface area (Å²) in [5.74, 6) is 0.0555. The minimum absolute atomic E-state index is 0.267. The predicted octanol–water partition coefficient (Wildman–Crippen LogP) is 5.29. The Morgan fingerprint density at radius 1 is 0.696 bits per heavy atom. The molecule has 0 fully saturated rings. The second-order valence-electron chi connectivity index (χ2n) is 4.92. The lowest BCUT2D eigenvalue weighted by molar-refractivity contribution is 0.411. The predicted molar refractivity (Wildman–Crippen MR) is 87.2 cm³/mol. The molecule has 1 aromatic heterocycles. The normalized spacial score (nSPS) is 11.6. The molecule has 0 saturated carbocycles. The van der Waals surface area contributed by atoms with Gasteiger partial charge in [0, 0.05) is 6.07 Å². The zero-order valence-electron chi connectivity index (χ0n) is 12.1. The van der Waals surface area contributed by atoms with Gasteiger partial charge in [0.2, 0.25) is 0 Å². The maximum Gasteiger partial charge on any atom is 0.160 e. The lowest BCUT2D eigenvalue weighted by Gasteiger charge is -1.91. The number of hydrogen-bond acceptors (Lipinski definition) is 2. The van der Waals surface area contributed by atoms with Crippen molar-refractivity contribution in [2.45, 2.75) is 0 Å². The van der Waals surface area contributed by atoms with Gasteiger partial charge < -0.3 is 4.52 Å². The first-order valence-electron chi connectivity index (χ1n) is 7.03. The van der Waals surface area contributed by atoms with Gasteiger partial charge in [0.1, 0.15) is 17.3 Å². The zero-order chi connectivity index (χ0) is 16.1. The Balaban J connectivity index is 1.68. The largest absolute Gasteiger partial charge is 0.356 e. The van der Waals surface area contributed by atoms with Crippen LogP contribution in [0, 0.1) is 11.6 Å². The van der Waals surface area contributed by atoms with Gasteiger partial charge in [0.15, 0.2) is 5.76 Å². The van der Waals surface area contributed by atoms with Crippen LogP contribution >= 0.6 is 0 Å². The molecular weight excluding hydrogens is 296 g/mol. The van der Waals surface area contributed by atoms with Crippen LogP contribution < -0.4 is 0 Å². The molecule has 114 valence electrons. The highest BCUT2D eigenvalue weighted by atomic mass is 19.1. The molecule has 0 spiro atoms. The Hall–Kier alpha value is -3.01. The maximum atomic E-state index is 12.8. The van der Waals surface area contributed by atoms with E-state index in [1.54, 1.807) is 42.5 Å². The molecule has 2 aromatic carbocycles. The summed E-state index contributed by atoms with van der Waals surface area (Å²) in [6.07, 6.45) is 7.18. The van der Waals surface area contributed by atoms with Gasteiger partial charge in [-0.2, -0.15) is 0 Å². The molecule has 1 heterocycles. The van der Waals surface area contributed by atoms with Gasteiger partial charge in [-0.25, -0.2) is 8.78 Å². The summed E-state index contributed by atoms with van der Waals surface area (Å²) in [7, 11) is 0. The van der Waals surface area contributed by atoms with Crippen molar-refractivity contribution in [3.8, 4) is 0 Å². The molecular formula is C19H13F2NO. The van der Waals surface area contributed by atoms with Crippen LogP contribution in [0.1, 0.15) is 22.6 Å². The molecule has 23 heavy (non-hydrogen) atoms. The van der Waals surface area contributed by atoms with Gasteiger partial charge in [-0.15, -0.1) is 0 Å². The van der Waals surface area contributed by atoms with E-state index in [9.17, 15) is 8.78 Å². The van der Waals surface area contributed by atoms with E-state index in [2.05, 4.69) is 5.16 Å². The summed E-state index contributed by atoms with van der Waals surface area (Å²) < 4.78 is 30.8. The second kappa shape index (κ2) is 6.83. The molecule has 3 aromatic rings. The van der Waals surface area contributed by atoms with Crippen LogP contribution in [0.5, 0.6) is 0 Å². The highest BCUT2D eigenvalue weighted by molar-refractivity contribution is 5.71. The number of rotatable bonds is 4. The molecule has 0 aliphatic rings. The van der Waals surface area contributed by atoms with Gasteiger partial charge in [-0.3, -0.25) is 0 Å². The lowest BCUT2D eigenvalue weighted by Crippen LogP contribution is -1.74. The SMILES string of the molecule is Fc1ccc(/C=C/c2cc(/C=C/c3ccc(F)cc3)on2)cc1. The summed E-state index contributed by atoms with van der Waals surface area (Å²) in [4.78, 5) is 0. The fourth-order valence-corrected chi connectivity index (χ4v) is 1.97. The minimum Gasteiger partial charge on any atom is -0.356 e. The Morgan fingerprint density at radius 3 is 1.78 bits per heavy atom. The Kier molecular flexibility index (Phi) is 4.43. The first-order chi connectivity index (χ1) is 11.2. The van der Waals surface area contributed by atoms with Crippen molar-refractivity contribution < 1.29 is 13.3 Å². The highest BCUT2D eigenvalue weighted by Gasteiger charge is 1.98. The van der Waals surface area contributed by atoms with E-state index in [4.69, 9.17) is 4.52 Å². The molecule has 0 aliphatic heterocycles. The summed E-state index contributed by atoms with van der Waals surface area (Å²) >= 11 is 0. The van der Waals surface area contributed by atoms with Crippen molar-refractivity contribution in [3.05, 3.63) is 88.8 Å². The van der Waals surface area contributed by atoms with E-state index >= 15 is 0 Å². The minimum atomic E-state index is -0.268. The lowest BCUT2D eigenvalue weighted by atomic mass is 10.2. The number of nitrogens with zero attached hydrogens (tertiary/aromatic N) is 1. The third kappa shape index (κ3) is 4.23. The highest BCUT2D eigenvalue weighted by Crippen LogP contribution is 2.13. The Morgan fingerprint density at radius 2 is 1.22 bits per heavy atom. The monoisotopic (exact) mass is 309 g/mol. The molecule has 3 rings (SSSR count). The van der Waals surface area contributed by atoms with Crippen molar-refractivity contribution >= 4 is 24.3 Å². The average molecular weight is 309 g/mol. The number of benzene rings is 2. The van der Waals surface area contributed by atoms with Crippen LogP contribution in [0.2, 0.25) is 0 Å². The molecule has 4 heteroatoms. The molecule has 2 nitrogen and oxygen atoms in total. The summed E-state index contributed by atoms with van der Waals surface area (Å²) in [5.41, 5.74) is 2.40. The quantitative estimate of drug-likeness (QED) is 0.654. The van der Waals surface area contributed by atoms with Crippen molar-refractivity contribution in [2.75, 3.05) is 0 Å². The second-order valence-corrected chi connectivity index (χ2v) is 4.92. The van der Waals surface area contributed by atoms with E-state index in [0.717, 1.165) is 11.1 Å². The third-order valence-corrected chi connectivity index (χ3v) is 3.17. The smallest absolute Gasteiger partial charge is 0.160 e. The van der Waals surface area contributed by atoms with Crippen LogP contribution in [0.4, 0.5) is 8.78 Å². The fraction of sp³-hybridized carbons (Fsp3) is 0. The molecule has 0 atom stereocenters. The van der Waals surface area contributed by atoms with Crippen LogP contribution in [-0.2, 0) is 0 Å². The van der Waals surface area contributed by atoms with Crippen LogP contribution in [0.15, 0.2) is 59.1 Å². The first kappa shape index (κ1) is 14.9. The van der Waals surface area contributed by atoms with Crippen LogP contribution in [0.25, 0.3) is 24.3 Å². The molecule has 0 bridgehead atoms. The number of aromatic nitrogens is 1. The molecule has 0 amide bonds. The topological polar surface area (TPSA) is 26.0 Å². The van der Waals surface area contributed by atoms with Crippen LogP contribution in [-0.4, -0.2) is 5.16 Å². The average Bonchev–Trinajstić information content (AvgIpc) is 3.02. The van der Waals surface area contributed by atoms with E-state index in [-0.39, 0.29) is 11.6 Å². The van der Waals surface area contributed by atoms with Crippen molar-refractivity contribution in [1.29, 1.82) is 0 Å². The maximum absolute atomic E-state index is 12.8. The number of halogens is 2. The third-order valence-electron chi connectivity index (χ3n) is 3.17. The summed E-state index contributed by atoms with van der Waals surface area (Å²) in [6.45, 7) is 0. The number of hydrogen-bond donors (Lipinski definition) is 0. The molecule has 0 radical (unpaired) electrons. The van der Waals surface area contributed by atoms with E-state index in [1.807, 2.05) is 12.2 Å². The Bertz CT molecular complexity index is 761. The van der Waals surface area contributed by atoms with Gasteiger partial charge >= 0.3 is 0 Å². The van der Waals surface area contributed by atoms with Crippen molar-refractivity contribution in [2.24, 2.45) is 0 Å². The molecule has 0 N–H and O–H groups in total. The molecule has 0 unspecified atom stereocenters. The van der Waals surface area contributed by atoms with Crippen molar-refractivity contribution in [3.63, 3.8) is 0 Å². The van der Waals surface area contributed by atoms with Gasteiger partial charge in [0.25, 0.3) is 0 Å².